The van der Waals surface area contributed by atoms with E-state index in [1.807, 2.05) is 49.4 Å². The molecule has 25 heavy (non-hydrogen) atoms. The molecule has 2 aliphatic rings. The Kier molecular flexibility index (Phi) is 5.59. The monoisotopic (exact) mass is 353 g/mol. The number of amides is 1. The van der Waals surface area contributed by atoms with Crippen molar-refractivity contribution in [1.82, 2.24) is 4.90 Å². The molecule has 0 bridgehead atoms. The molecule has 5 nitrogen and oxygen atoms in total. The molecule has 0 aromatic heterocycles. The highest BCUT2D eigenvalue weighted by Crippen LogP contribution is 2.38. The minimum atomic E-state index is -0.235. The van der Waals surface area contributed by atoms with Crippen LogP contribution in [0.4, 0.5) is 5.69 Å². The molecule has 0 atom stereocenters. The van der Waals surface area contributed by atoms with Crippen LogP contribution in [0.2, 0.25) is 0 Å². The lowest BCUT2D eigenvalue weighted by Gasteiger charge is -2.26. The average molecular weight is 353 g/mol. The number of thioether (sulfide) groups is 1. The molecule has 1 fully saturated rings. The zero-order chi connectivity index (χ0) is 17.6. The number of morpholine rings is 1. The van der Waals surface area contributed by atoms with Gasteiger partial charge in [0.2, 0.25) is 0 Å². The number of allylic oxidation sites excluding steroid dienone is 3. The summed E-state index contributed by atoms with van der Waals surface area (Å²) in [6, 6.07) is 12.0. The van der Waals surface area contributed by atoms with Crippen LogP contribution in [-0.4, -0.2) is 37.1 Å². The van der Waals surface area contributed by atoms with Gasteiger partial charge in [-0.3, -0.25) is 4.79 Å². The molecule has 2 aliphatic heterocycles. The summed E-state index contributed by atoms with van der Waals surface area (Å²) in [4.78, 5) is 16.2. The standard InChI is InChI=1S/C19H19N3O2S/c1-15-14-25-18(22(15)17-5-3-2-4-6-17)8-7-16(13-20)19(23)21-9-11-24-12-10-21/h2-8,14H,9-12H2,1H3/b16-7-,18-8-. The maximum atomic E-state index is 12.5. The smallest absolute Gasteiger partial charge is 0.264 e. The Balaban J connectivity index is 1.82. The van der Waals surface area contributed by atoms with Crippen LogP contribution in [0.15, 0.2) is 64.2 Å². The van der Waals surface area contributed by atoms with Crippen molar-refractivity contribution in [3.05, 3.63) is 64.2 Å². The predicted molar refractivity (Wildman–Crippen MR) is 99.4 cm³/mol. The quantitative estimate of drug-likeness (QED) is 0.617. The van der Waals surface area contributed by atoms with E-state index in [2.05, 4.69) is 10.3 Å². The first-order chi connectivity index (χ1) is 12.2. The van der Waals surface area contributed by atoms with Crippen LogP contribution in [0.25, 0.3) is 0 Å². The normalized spacial score (nSPS) is 19.8. The number of anilines is 1. The summed E-state index contributed by atoms with van der Waals surface area (Å²) in [6.45, 7) is 4.13. The van der Waals surface area contributed by atoms with Gasteiger partial charge in [-0.25, -0.2) is 0 Å². The third kappa shape index (κ3) is 3.95. The summed E-state index contributed by atoms with van der Waals surface area (Å²) in [7, 11) is 0. The fraction of sp³-hybridized carbons (Fsp3) is 0.263. The predicted octanol–water partition coefficient (Wildman–Crippen LogP) is 3.25. The van der Waals surface area contributed by atoms with Crippen LogP contribution in [0, 0.1) is 11.3 Å². The first-order valence-corrected chi connectivity index (χ1v) is 8.96. The lowest BCUT2D eigenvalue weighted by molar-refractivity contribution is -0.130. The van der Waals surface area contributed by atoms with E-state index in [0.29, 0.717) is 26.3 Å². The first-order valence-electron chi connectivity index (χ1n) is 8.08. The Morgan fingerprint density at radius 2 is 2.00 bits per heavy atom. The summed E-state index contributed by atoms with van der Waals surface area (Å²) >= 11 is 1.58. The van der Waals surface area contributed by atoms with Gasteiger partial charge in [0.25, 0.3) is 5.91 Å². The molecular formula is C19H19N3O2S. The van der Waals surface area contributed by atoms with Crippen molar-refractivity contribution in [3.8, 4) is 6.07 Å². The maximum absolute atomic E-state index is 12.5. The van der Waals surface area contributed by atoms with E-state index in [9.17, 15) is 10.1 Å². The molecular weight excluding hydrogens is 334 g/mol. The maximum Gasteiger partial charge on any atom is 0.264 e. The lowest BCUT2D eigenvalue weighted by atomic mass is 10.2. The largest absolute Gasteiger partial charge is 0.378 e. The van der Waals surface area contributed by atoms with Crippen LogP contribution in [0.1, 0.15) is 6.92 Å². The minimum Gasteiger partial charge on any atom is -0.378 e. The van der Waals surface area contributed by atoms with E-state index in [4.69, 9.17) is 4.74 Å². The highest BCUT2D eigenvalue weighted by atomic mass is 32.2. The summed E-state index contributed by atoms with van der Waals surface area (Å²) in [6.07, 6.45) is 3.45. The number of para-hydroxylation sites is 1. The van der Waals surface area contributed by atoms with Gasteiger partial charge in [0.05, 0.1) is 18.2 Å². The second-order valence-corrected chi connectivity index (χ2v) is 6.54. The van der Waals surface area contributed by atoms with Gasteiger partial charge < -0.3 is 14.5 Å². The Bertz CT molecular complexity index is 772. The topological polar surface area (TPSA) is 56.6 Å². The Labute approximate surface area is 151 Å². The van der Waals surface area contributed by atoms with Crippen LogP contribution in [0.3, 0.4) is 0 Å². The number of hydrogen-bond acceptors (Lipinski definition) is 5. The summed E-state index contributed by atoms with van der Waals surface area (Å²) in [5, 5.41) is 12.4. The highest BCUT2D eigenvalue weighted by molar-refractivity contribution is 8.06. The summed E-state index contributed by atoms with van der Waals surface area (Å²) < 4.78 is 5.25. The summed E-state index contributed by atoms with van der Waals surface area (Å²) in [5.41, 5.74) is 2.31. The molecule has 0 saturated carbocycles. The molecule has 1 aromatic carbocycles. The average Bonchev–Trinajstić information content (AvgIpc) is 3.04. The minimum absolute atomic E-state index is 0.146. The Morgan fingerprint density at radius 1 is 1.28 bits per heavy atom. The molecule has 0 aliphatic carbocycles. The van der Waals surface area contributed by atoms with Gasteiger partial charge in [0, 0.05) is 24.5 Å². The highest BCUT2D eigenvalue weighted by Gasteiger charge is 2.22. The number of carbonyl (C=O) groups excluding carboxylic acids is 1. The molecule has 1 saturated heterocycles. The first kappa shape index (κ1) is 17.3. The van der Waals surface area contributed by atoms with Crippen molar-refractivity contribution < 1.29 is 9.53 Å². The van der Waals surface area contributed by atoms with E-state index < -0.39 is 0 Å². The van der Waals surface area contributed by atoms with Gasteiger partial charge in [-0.05, 0) is 36.6 Å². The van der Waals surface area contributed by atoms with E-state index >= 15 is 0 Å². The number of nitrogens with zero attached hydrogens (tertiary/aromatic N) is 3. The zero-order valence-electron chi connectivity index (χ0n) is 14.0. The molecule has 0 spiro atoms. The van der Waals surface area contributed by atoms with Gasteiger partial charge in [-0.2, -0.15) is 5.26 Å². The molecule has 0 radical (unpaired) electrons. The Morgan fingerprint density at radius 3 is 2.68 bits per heavy atom. The Hall–Kier alpha value is -2.49. The number of hydrogen-bond donors (Lipinski definition) is 0. The van der Waals surface area contributed by atoms with Crippen LogP contribution in [0.5, 0.6) is 0 Å². The van der Waals surface area contributed by atoms with Crippen molar-refractivity contribution in [3.63, 3.8) is 0 Å². The zero-order valence-corrected chi connectivity index (χ0v) is 14.8. The van der Waals surface area contributed by atoms with Gasteiger partial charge in [-0.15, -0.1) is 0 Å². The van der Waals surface area contributed by atoms with Crippen molar-refractivity contribution in [1.29, 1.82) is 5.26 Å². The molecule has 0 unspecified atom stereocenters. The molecule has 2 heterocycles. The number of rotatable bonds is 3. The van der Waals surface area contributed by atoms with E-state index in [1.165, 1.54) is 0 Å². The second-order valence-electron chi connectivity index (χ2n) is 5.65. The fourth-order valence-corrected chi connectivity index (χ4v) is 3.59. The lowest BCUT2D eigenvalue weighted by Crippen LogP contribution is -2.41. The SMILES string of the molecule is CC1=CS/C(=C\C=C(\C#N)C(=O)N2CCOCC2)N1c1ccccc1. The molecule has 1 amide bonds. The second kappa shape index (κ2) is 8.06. The third-order valence-corrected chi connectivity index (χ3v) is 5.00. The van der Waals surface area contributed by atoms with Crippen LogP contribution in [-0.2, 0) is 9.53 Å². The number of benzene rings is 1. The molecule has 128 valence electrons. The van der Waals surface area contributed by atoms with Crippen molar-refractivity contribution >= 4 is 23.4 Å². The number of carbonyl (C=O) groups is 1. The van der Waals surface area contributed by atoms with E-state index in [-0.39, 0.29) is 11.5 Å². The summed E-state index contributed by atoms with van der Waals surface area (Å²) in [5.74, 6) is -0.235. The van der Waals surface area contributed by atoms with Gasteiger partial charge in [-0.1, -0.05) is 30.0 Å². The third-order valence-electron chi connectivity index (χ3n) is 3.98. The van der Waals surface area contributed by atoms with Crippen LogP contribution >= 0.6 is 11.8 Å². The van der Waals surface area contributed by atoms with E-state index in [0.717, 1.165) is 16.4 Å². The van der Waals surface area contributed by atoms with Gasteiger partial charge >= 0.3 is 0 Å². The molecule has 3 rings (SSSR count). The van der Waals surface area contributed by atoms with Crippen molar-refractivity contribution in [2.75, 3.05) is 31.2 Å². The van der Waals surface area contributed by atoms with Gasteiger partial charge in [0.15, 0.2) is 0 Å². The van der Waals surface area contributed by atoms with Gasteiger partial charge in [0.1, 0.15) is 11.6 Å². The molecule has 1 aromatic rings. The van der Waals surface area contributed by atoms with Crippen molar-refractivity contribution in [2.45, 2.75) is 6.92 Å². The van der Waals surface area contributed by atoms with E-state index in [1.54, 1.807) is 22.7 Å². The molecule has 0 N–H and O–H groups in total. The number of ether oxygens (including phenoxy) is 1. The number of nitriles is 1. The molecule has 6 heteroatoms. The fourth-order valence-electron chi connectivity index (χ4n) is 2.69. The van der Waals surface area contributed by atoms with Crippen molar-refractivity contribution in [2.24, 2.45) is 0 Å². The van der Waals surface area contributed by atoms with Crippen LogP contribution < -0.4 is 4.90 Å².